The van der Waals surface area contributed by atoms with Gasteiger partial charge in [-0.15, -0.1) is 10.2 Å². The number of amides is 1. The fraction of sp³-hybridized carbons (Fsp3) is 0.400. The molecule has 2 heterocycles. The van der Waals surface area contributed by atoms with Crippen LogP contribution < -0.4 is 15.4 Å². The smallest absolute Gasteiger partial charge is 0.247 e. The molecule has 3 aromatic rings. The molecule has 0 saturated heterocycles. The van der Waals surface area contributed by atoms with E-state index >= 15 is 0 Å². The Kier molecular flexibility index (Phi) is 5.68. The summed E-state index contributed by atoms with van der Waals surface area (Å²) in [7, 11) is -3.79. The first-order valence-electron chi connectivity index (χ1n) is 11.5. The monoisotopic (exact) mass is 496 g/mol. The molecule has 0 bridgehead atoms. The number of fused-ring (bicyclic) bond motifs is 1. The summed E-state index contributed by atoms with van der Waals surface area (Å²) in [5.74, 6) is 0.545. The first-order chi connectivity index (χ1) is 16.5. The SMILES string of the molecule is CC(C)(C)c1nnc(-c2ccc3c(c2)N(Cc2ccc(OC4CC4)cc2)C(=O)[C@@H](N)CS3(=O)=O)o1. The fourth-order valence-corrected chi connectivity index (χ4v) is 5.44. The topological polar surface area (TPSA) is 129 Å². The summed E-state index contributed by atoms with van der Waals surface area (Å²) >= 11 is 0. The van der Waals surface area contributed by atoms with E-state index in [1.807, 2.05) is 45.0 Å². The molecule has 35 heavy (non-hydrogen) atoms. The second-order valence-electron chi connectivity index (χ2n) is 10.1. The highest BCUT2D eigenvalue weighted by molar-refractivity contribution is 7.91. The van der Waals surface area contributed by atoms with E-state index in [1.54, 1.807) is 12.1 Å². The Balaban J connectivity index is 1.54. The largest absolute Gasteiger partial charge is 0.490 e. The van der Waals surface area contributed by atoms with Gasteiger partial charge in [0, 0.05) is 11.0 Å². The lowest BCUT2D eigenvalue weighted by Gasteiger charge is -2.24. The van der Waals surface area contributed by atoms with Crippen molar-refractivity contribution in [2.45, 2.75) is 62.6 Å². The molecule has 1 atom stereocenters. The lowest BCUT2D eigenvalue weighted by molar-refractivity contribution is -0.119. The van der Waals surface area contributed by atoms with E-state index in [9.17, 15) is 13.2 Å². The number of carbonyl (C=O) groups excluding carboxylic acids is 1. The van der Waals surface area contributed by atoms with Crippen molar-refractivity contribution in [3.63, 3.8) is 0 Å². The number of anilines is 1. The molecule has 2 N–H and O–H groups in total. The van der Waals surface area contributed by atoms with Crippen molar-refractivity contribution in [2.24, 2.45) is 5.73 Å². The number of nitrogens with two attached hydrogens (primary N) is 1. The van der Waals surface area contributed by atoms with Gasteiger partial charge in [-0.1, -0.05) is 32.9 Å². The minimum atomic E-state index is -3.79. The predicted octanol–water partition coefficient (Wildman–Crippen LogP) is 3.22. The zero-order valence-corrected chi connectivity index (χ0v) is 20.7. The zero-order valence-electron chi connectivity index (χ0n) is 19.9. The van der Waals surface area contributed by atoms with E-state index in [2.05, 4.69) is 10.2 Å². The van der Waals surface area contributed by atoms with Crippen molar-refractivity contribution in [1.29, 1.82) is 0 Å². The van der Waals surface area contributed by atoms with Crippen LogP contribution in [0.3, 0.4) is 0 Å². The fourth-order valence-electron chi connectivity index (χ4n) is 3.88. The third kappa shape index (κ3) is 4.81. The van der Waals surface area contributed by atoms with Gasteiger partial charge in [-0.3, -0.25) is 4.79 Å². The van der Waals surface area contributed by atoms with Gasteiger partial charge in [-0.2, -0.15) is 0 Å². The molecule has 9 nitrogen and oxygen atoms in total. The number of rotatable bonds is 5. The molecule has 1 aromatic heterocycles. The van der Waals surface area contributed by atoms with E-state index in [1.165, 1.54) is 11.0 Å². The quantitative estimate of drug-likeness (QED) is 0.570. The first kappa shape index (κ1) is 23.5. The van der Waals surface area contributed by atoms with E-state index in [-0.39, 0.29) is 34.5 Å². The van der Waals surface area contributed by atoms with Crippen molar-refractivity contribution >= 4 is 21.4 Å². The Bertz CT molecular complexity index is 1370. The lowest BCUT2D eigenvalue weighted by Crippen LogP contribution is -2.45. The standard InChI is InChI=1S/C25H28N4O5S/c1-25(2,3)24-28-27-22(34-24)16-6-11-21-20(12-16)29(23(30)19(26)14-35(21,31)32)13-15-4-7-17(8-5-15)33-18-9-10-18/h4-8,11-12,18-19H,9-10,13-14,26H2,1-3H3/t19-/m0/s1. The van der Waals surface area contributed by atoms with E-state index in [0.29, 0.717) is 11.5 Å². The predicted molar refractivity (Wildman–Crippen MR) is 130 cm³/mol. The summed E-state index contributed by atoms with van der Waals surface area (Å²) in [6.07, 6.45) is 2.41. The molecule has 0 spiro atoms. The molecule has 0 unspecified atom stereocenters. The summed E-state index contributed by atoms with van der Waals surface area (Å²) < 4.78 is 37.8. The molecule has 1 saturated carbocycles. The molecular weight excluding hydrogens is 468 g/mol. The minimum Gasteiger partial charge on any atom is -0.490 e. The highest BCUT2D eigenvalue weighted by atomic mass is 32.2. The lowest BCUT2D eigenvalue weighted by atomic mass is 9.97. The number of ether oxygens (including phenoxy) is 1. The molecule has 10 heteroatoms. The summed E-state index contributed by atoms with van der Waals surface area (Å²) in [6.45, 7) is 6.02. The summed E-state index contributed by atoms with van der Waals surface area (Å²) in [5.41, 5.74) is 7.27. The van der Waals surface area contributed by atoms with Crippen LogP contribution in [-0.2, 0) is 26.6 Å². The molecule has 1 aliphatic heterocycles. The van der Waals surface area contributed by atoms with Crippen LogP contribution in [0.2, 0.25) is 0 Å². The molecule has 5 rings (SSSR count). The van der Waals surface area contributed by atoms with Gasteiger partial charge in [0.1, 0.15) is 5.75 Å². The number of aromatic nitrogens is 2. The second kappa shape index (κ2) is 8.46. The number of benzene rings is 2. The summed E-state index contributed by atoms with van der Waals surface area (Å²) in [6, 6.07) is 11.0. The zero-order chi connectivity index (χ0) is 25.0. The molecular formula is C25H28N4O5S. The van der Waals surface area contributed by atoms with Gasteiger partial charge in [0.2, 0.25) is 17.7 Å². The van der Waals surface area contributed by atoms with Crippen LogP contribution in [-0.4, -0.2) is 42.4 Å². The highest BCUT2D eigenvalue weighted by Gasteiger charge is 2.36. The van der Waals surface area contributed by atoms with Crippen LogP contribution in [0, 0.1) is 0 Å². The minimum absolute atomic E-state index is 0.0480. The van der Waals surface area contributed by atoms with Crippen LogP contribution in [0.1, 0.15) is 45.1 Å². The average Bonchev–Trinajstić information content (AvgIpc) is 3.47. The summed E-state index contributed by atoms with van der Waals surface area (Å²) in [5, 5.41) is 8.26. The van der Waals surface area contributed by atoms with Crippen molar-refractivity contribution in [3.8, 4) is 17.2 Å². The van der Waals surface area contributed by atoms with Crippen LogP contribution in [0.25, 0.3) is 11.5 Å². The maximum atomic E-state index is 13.3. The Labute approximate surface area is 204 Å². The third-order valence-corrected chi connectivity index (χ3v) is 7.79. The van der Waals surface area contributed by atoms with E-state index in [4.69, 9.17) is 14.9 Å². The van der Waals surface area contributed by atoms with Gasteiger partial charge in [0.05, 0.1) is 35.0 Å². The van der Waals surface area contributed by atoms with Crippen LogP contribution in [0.5, 0.6) is 5.75 Å². The van der Waals surface area contributed by atoms with Crippen molar-refractivity contribution < 1.29 is 22.4 Å². The highest BCUT2D eigenvalue weighted by Crippen LogP contribution is 2.36. The Morgan fingerprint density at radius 2 is 1.83 bits per heavy atom. The number of sulfone groups is 1. The Morgan fingerprint density at radius 3 is 2.46 bits per heavy atom. The number of carbonyl (C=O) groups is 1. The molecule has 2 aliphatic rings. The average molecular weight is 497 g/mol. The summed E-state index contributed by atoms with van der Waals surface area (Å²) in [4.78, 5) is 14.7. The van der Waals surface area contributed by atoms with Crippen molar-refractivity contribution in [3.05, 3.63) is 53.9 Å². The molecule has 184 valence electrons. The van der Waals surface area contributed by atoms with Crippen molar-refractivity contribution in [2.75, 3.05) is 10.7 Å². The molecule has 1 aliphatic carbocycles. The third-order valence-electron chi connectivity index (χ3n) is 5.97. The maximum absolute atomic E-state index is 13.3. The van der Waals surface area contributed by atoms with Crippen LogP contribution in [0.15, 0.2) is 51.8 Å². The van der Waals surface area contributed by atoms with Gasteiger partial charge in [0.15, 0.2) is 9.84 Å². The number of hydrogen-bond acceptors (Lipinski definition) is 8. The molecule has 2 aromatic carbocycles. The van der Waals surface area contributed by atoms with Gasteiger partial charge >= 0.3 is 0 Å². The van der Waals surface area contributed by atoms with Crippen LogP contribution >= 0.6 is 0 Å². The first-order valence-corrected chi connectivity index (χ1v) is 13.2. The van der Waals surface area contributed by atoms with E-state index in [0.717, 1.165) is 24.2 Å². The normalized spacial score (nSPS) is 19.8. The molecule has 1 amide bonds. The van der Waals surface area contributed by atoms with Crippen molar-refractivity contribution in [1.82, 2.24) is 10.2 Å². The van der Waals surface area contributed by atoms with E-state index < -0.39 is 27.5 Å². The Morgan fingerprint density at radius 1 is 1.11 bits per heavy atom. The van der Waals surface area contributed by atoms with Gasteiger partial charge in [-0.05, 0) is 48.7 Å². The number of hydrogen-bond donors (Lipinski definition) is 1. The molecule has 1 fully saturated rings. The van der Waals surface area contributed by atoms with Gasteiger partial charge in [0.25, 0.3) is 0 Å². The Hall–Kier alpha value is -3.24. The molecule has 0 radical (unpaired) electrons. The van der Waals surface area contributed by atoms with Gasteiger partial charge < -0.3 is 19.8 Å². The second-order valence-corrected chi connectivity index (χ2v) is 12.1. The maximum Gasteiger partial charge on any atom is 0.247 e. The van der Waals surface area contributed by atoms with Crippen LogP contribution in [0.4, 0.5) is 5.69 Å². The number of nitrogens with zero attached hydrogens (tertiary/aromatic N) is 3. The van der Waals surface area contributed by atoms with Gasteiger partial charge in [-0.25, -0.2) is 8.42 Å².